The first-order valence-electron chi connectivity index (χ1n) is 3.56. The van der Waals surface area contributed by atoms with Gasteiger partial charge in [0, 0.05) is 6.07 Å². The second kappa shape index (κ2) is 4.78. The van der Waals surface area contributed by atoms with Crippen LogP contribution in [0, 0.1) is 5.82 Å². The smallest absolute Gasteiger partial charge is 0.334 e. The highest BCUT2D eigenvalue weighted by atomic mass is 35.5. The molecule has 0 atom stereocenters. The van der Waals surface area contributed by atoms with E-state index in [2.05, 4.69) is 9.78 Å². The number of carbonyl (C=O) groups is 1. The molecular weight excluding hydrogens is 215 g/mol. The fraction of sp³-hybridized carbons (Fsp3) is 0.125. The summed E-state index contributed by atoms with van der Waals surface area (Å²) in [6.45, 7) is -0.602. The molecule has 0 heterocycles. The Morgan fingerprint density at radius 1 is 1.57 bits per heavy atom. The number of carboxylic acids is 1. The van der Waals surface area contributed by atoms with E-state index in [9.17, 15) is 9.18 Å². The molecule has 0 saturated heterocycles. The standard InChI is InChI=1S/C8H6ClFO4/c9-6-3-5(1-2-7(6)10)14-13-4-8(11)12/h1-3H,4H2,(H,11,12). The third-order valence-electron chi connectivity index (χ3n) is 1.23. The van der Waals surface area contributed by atoms with Gasteiger partial charge in [-0.05, 0) is 12.1 Å². The third-order valence-corrected chi connectivity index (χ3v) is 1.52. The Bertz CT molecular complexity index is 342. The lowest BCUT2D eigenvalue weighted by Gasteiger charge is -2.02. The maximum absolute atomic E-state index is 12.6. The molecule has 0 fully saturated rings. The first kappa shape index (κ1) is 10.7. The highest BCUT2D eigenvalue weighted by molar-refractivity contribution is 6.30. The minimum atomic E-state index is -1.17. The second-order valence-electron chi connectivity index (χ2n) is 2.32. The molecule has 14 heavy (non-hydrogen) atoms. The van der Waals surface area contributed by atoms with Crippen LogP contribution >= 0.6 is 11.6 Å². The first-order valence-corrected chi connectivity index (χ1v) is 3.93. The summed E-state index contributed by atoms with van der Waals surface area (Å²) in [5.74, 6) is -1.62. The van der Waals surface area contributed by atoms with Crippen LogP contribution in [0.4, 0.5) is 4.39 Å². The van der Waals surface area contributed by atoms with Crippen LogP contribution < -0.4 is 4.89 Å². The number of hydrogen-bond acceptors (Lipinski definition) is 3. The van der Waals surface area contributed by atoms with E-state index in [1.807, 2.05) is 0 Å². The summed E-state index contributed by atoms with van der Waals surface area (Å²) < 4.78 is 12.6. The van der Waals surface area contributed by atoms with E-state index in [0.29, 0.717) is 0 Å². The lowest BCUT2D eigenvalue weighted by atomic mass is 10.3. The van der Waals surface area contributed by atoms with Crippen molar-refractivity contribution in [1.82, 2.24) is 0 Å². The van der Waals surface area contributed by atoms with E-state index in [4.69, 9.17) is 16.7 Å². The van der Waals surface area contributed by atoms with E-state index in [1.165, 1.54) is 12.1 Å². The number of hydrogen-bond donors (Lipinski definition) is 1. The molecule has 0 aliphatic rings. The molecule has 0 aromatic heterocycles. The van der Waals surface area contributed by atoms with E-state index in [1.54, 1.807) is 0 Å². The van der Waals surface area contributed by atoms with Crippen LogP contribution in [0.5, 0.6) is 5.75 Å². The predicted octanol–water partition coefficient (Wildman–Crippen LogP) is 1.87. The van der Waals surface area contributed by atoms with Gasteiger partial charge in [-0.25, -0.2) is 9.18 Å². The van der Waals surface area contributed by atoms with Crippen LogP contribution in [0.25, 0.3) is 0 Å². The molecule has 4 nitrogen and oxygen atoms in total. The molecule has 76 valence electrons. The van der Waals surface area contributed by atoms with Crippen molar-refractivity contribution in [2.45, 2.75) is 0 Å². The van der Waals surface area contributed by atoms with Gasteiger partial charge in [-0.3, -0.25) is 0 Å². The Balaban J connectivity index is 2.51. The Morgan fingerprint density at radius 2 is 2.29 bits per heavy atom. The molecular formula is C8H6ClFO4. The van der Waals surface area contributed by atoms with Crippen LogP contribution in [0.3, 0.4) is 0 Å². The molecule has 0 radical (unpaired) electrons. The maximum Gasteiger partial charge on any atom is 0.334 e. The number of aliphatic carboxylic acids is 1. The van der Waals surface area contributed by atoms with Crippen molar-refractivity contribution in [3.63, 3.8) is 0 Å². The van der Waals surface area contributed by atoms with Crippen LogP contribution in [0.2, 0.25) is 5.02 Å². The number of carboxylic acid groups (broad SMARTS) is 1. The zero-order valence-corrected chi connectivity index (χ0v) is 7.62. The van der Waals surface area contributed by atoms with Gasteiger partial charge < -0.3 is 9.99 Å². The predicted molar refractivity (Wildman–Crippen MR) is 45.6 cm³/mol. The summed E-state index contributed by atoms with van der Waals surface area (Å²) in [5.41, 5.74) is 0. The average molecular weight is 221 g/mol. The minimum absolute atomic E-state index is 0.124. The molecule has 1 rings (SSSR count). The van der Waals surface area contributed by atoms with E-state index < -0.39 is 18.4 Å². The number of benzene rings is 1. The molecule has 0 unspecified atom stereocenters. The van der Waals surface area contributed by atoms with Gasteiger partial charge in [0.05, 0.1) is 5.02 Å². The molecule has 0 bridgehead atoms. The van der Waals surface area contributed by atoms with E-state index in [0.717, 1.165) is 6.07 Å². The molecule has 1 aromatic rings. The van der Waals surface area contributed by atoms with Gasteiger partial charge in [-0.1, -0.05) is 11.6 Å². The fourth-order valence-corrected chi connectivity index (χ4v) is 0.847. The van der Waals surface area contributed by atoms with Crippen molar-refractivity contribution in [2.24, 2.45) is 0 Å². The quantitative estimate of drug-likeness (QED) is 0.622. The largest absolute Gasteiger partial charge is 0.479 e. The second-order valence-corrected chi connectivity index (χ2v) is 2.72. The first-order chi connectivity index (χ1) is 6.59. The van der Waals surface area contributed by atoms with Gasteiger partial charge >= 0.3 is 5.97 Å². The summed E-state index contributed by atoms with van der Waals surface area (Å²) in [5, 5.41) is 8.08. The highest BCUT2D eigenvalue weighted by Crippen LogP contribution is 2.20. The third kappa shape index (κ3) is 3.20. The lowest BCUT2D eigenvalue weighted by Crippen LogP contribution is -2.09. The maximum atomic E-state index is 12.6. The Hall–Kier alpha value is -1.33. The van der Waals surface area contributed by atoms with E-state index in [-0.39, 0.29) is 10.8 Å². The summed E-state index contributed by atoms with van der Waals surface area (Å²) in [7, 11) is 0. The summed E-state index contributed by atoms with van der Waals surface area (Å²) >= 11 is 5.43. The van der Waals surface area contributed by atoms with Gasteiger partial charge in [0.2, 0.25) is 0 Å². The number of rotatable bonds is 4. The zero-order chi connectivity index (χ0) is 10.6. The van der Waals surface area contributed by atoms with Gasteiger partial charge in [-0.15, -0.1) is 0 Å². The summed E-state index contributed by atoms with van der Waals surface area (Å²) in [6, 6.07) is 3.53. The number of halogens is 2. The van der Waals surface area contributed by atoms with E-state index >= 15 is 0 Å². The zero-order valence-electron chi connectivity index (χ0n) is 6.87. The topological polar surface area (TPSA) is 55.8 Å². The molecule has 0 aliphatic heterocycles. The Labute approximate surface area is 83.7 Å². The molecule has 1 aromatic carbocycles. The van der Waals surface area contributed by atoms with Gasteiger partial charge in [-0.2, -0.15) is 4.89 Å². The van der Waals surface area contributed by atoms with Crippen molar-refractivity contribution in [3.8, 4) is 5.75 Å². The normalized spacial score (nSPS) is 9.86. The van der Waals surface area contributed by atoms with Gasteiger partial charge in [0.25, 0.3) is 0 Å². The van der Waals surface area contributed by atoms with Crippen molar-refractivity contribution in [1.29, 1.82) is 0 Å². The molecule has 0 amide bonds. The molecule has 0 saturated carbocycles. The Morgan fingerprint density at radius 3 is 2.86 bits per heavy atom. The van der Waals surface area contributed by atoms with Gasteiger partial charge in [0.15, 0.2) is 12.4 Å². The Kier molecular flexibility index (Phi) is 3.67. The SMILES string of the molecule is O=C(O)COOc1ccc(F)c(Cl)c1. The molecule has 1 N–H and O–H groups in total. The van der Waals surface area contributed by atoms with Crippen molar-refractivity contribution >= 4 is 17.6 Å². The molecule has 0 spiro atoms. The molecule has 0 aliphatic carbocycles. The lowest BCUT2D eigenvalue weighted by molar-refractivity contribution is -0.213. The van der Waals surface area contributed by atoms with Crippen molar-refractivity contribution in [3.05, 3.63) is 29.0 Å². The monoisotopic (exact) mass is 220 g/mol. The fourth-order valence-electron chi connectivity index (χ4n) is 0.677. The minimum Gasteiger partial charge on any atom is -0.479 e. The average Bonchev–Trinajstić information content (AvgIpc) is 2.10. The molecule has 6 heteroatoms. The highest BCUT2D eigenvalue weighted by Gasteiger charge is 2.03. The van der Waals surface area contributed by atoms with Crippen molar-refractivity contribution in [2.75, 3.05) is 6.61 Å². The van der Waals surface area contributed by atoms with Crippen LogP contribution in [0.1, 0.15) is 0 Å². The van der Waals surface area contributed by atoms with Crippen LogP contribution in [0.15, 0.2) is 18.2 Å². The van der Waals surface area contributed by atoms with Crippen LogP contribution in [-0.4, -0.2) is 17.7 Å². The van der Waals surface area contributed by atoms with Gasteiger partial charge in [0.1, 0.15) is 5.82 Å². The van der Waals surface area contributed by atoms with Crippen LogP contribution in [-0.2, 0) is 9.68 Å². The summed E-state index contributed by atoms with van der Waals surface area (Å²) in [4.78, 5) is 18.8. The van der Waals surface area contributed by atoms with Crippen molar-refractivity contribution < 1.29 is 24.1 Å². The summed E-state index contributed by atoms with van der Waals surface area (Å²) in [6.07, 6.45) is 0.